The number of carbonyl (C=O) groups is 2. The van der Waals surface area contributed by atoms with Crippen LogP contribution in [-0.4, -0.2) is 48.4 Å². The molecule has 0 fully saturated rings. The molecule has 7 nitrogen and oxygen atoms in total. The highest BCUT2D eigenvalue weighted by atomic mass is 16.5. The first kappa shape index (κ1) is 24.9. The Balaban J connectivity index is 1.57. The second-order valence-electron chi connectivity index (χ2n) is 7.94. The van der Waals surface area contributed by atoms with E-state index in [-0.39, 0.29) is 6.03 Å². The SMILES string of the molecule is CCOC(Cc1ccc(-c2cccc(N(C)C(=O)NCCCc3ccccc3)n2)cc1)C(=O)O. The van der Waals surface area contributed by atoms with Crippen LogP contribution in [0.25, 0.3) is 11.3 Å². The number of benzene rings is 2. The Morgan fingerprint density at radius 3 is 2.41 bits per heavy atom. The zero-order valence-electron chi connectivity index (χ0n) is 19.6. The molecular formula is C27H31N3O4. The normalized spacial score (nSPS) is 11.6. The summed E-state index contributed by atoms with van der Waals surface area (Å²) in [4.78, 5) is 30.0. The predicted octanol–water partition coefficient (Wildman–Crippen LogP) is 4.56. The van der Waals surface area contributed by atoms with Gasteiger partial charge in [-0.1, -0.05) is 60.7 Å². The number of carboxylic acid groups (broad SMARTS) is 1. The summed E-state index contributed by atoms with van der Waals surface area (Å²) in [5.41, 5.74) is 3.73. The molecule has 0 radical (unpaired) electrons. The van der Waals surface area contributed by atoms with Crippen LogP contribution in [0.1, 0.15) is 24.5 Å². The topological polar surface area (TPSA) is 91.8 Å². The zero-order valence-corrected chi connectivity index (χ0v) is 19.6. The highest BCUT2D eigenvalue weighted by Gasteiger charge is 2.18. The molecule has 178 valence electrons. The maximum Gasteiger partial charge on any atom is 0.333 e. The van der Waals surface area contributed by atoms with Crippen LogP contribution >= 0.6 is 0 Å². The highest BCUT2D eigenvalue weighted by Crippen LogP contribution is 2.21. The number of rotatable bonds is 11. The van der Waals surface area contributed by atoms with E-state index in [1.54, 1.807) is 20.0 Å². The minimum atomic E-state index is -0.971. The lowest BCUT2D eigenvalue weighted by Crippen LogP contribution is -2.38. The van der Waals surface area contributed by atoms with E-state index in [9.17, 15) is 14.7 Å². The molecule has 0 bridgehead atoms. The van der Waals surface area contributed by atoms with Crippen molar-refractivity contribution >= 4 is 17.8 Å². The Hall–Kier alpha value is -3.71. The number of aliphatic carboxylic acids is 1. The molecule has 0 aliphatic carbocycles. The molecule has 2 amide bonds. The monoisotopic (exact) mass is 461 g/mol. The number of pyridine rings is 1. The molecule has 3 rings (SSSR count). The van der Waals surface area contributed by atoms with Crippen LogP contribution in [0.5, 0.6) is 0 Å². The fourth-order valence-corrected chi connectivity index (χ4v) is 3.57. The van der Waals surface area contributed by atoms with Crippen LogP contribution in [0.15, 0.2) is 72.8 Å². The Labute approximate surface area is 200 Å². The summed E-state index contributed by atoms with van der Waals surface area (Å²) in [6.45, 7) is 2.71. The maximum atomic E-state index is 12.6. The third kappa shape index (κ3) is 7.15. The first-order chi connectivity index (χ1) is 16.5. The van der Waals surface area contributed by atoms with Crippen molar-refractivity contribution in [3.05, 3.63) is 83.9 Å². The van der Waals surface area contributed by atoms with Crippen molar-refractivity contribution < 1.29 is 19.4 Å². The Morgan fingerprint density at radius 2 is 1.74 bits per heavy atom. The molecule has 0 saturated heterocycles. The van der Waals surface area contributed by atoms with Crippen molar-refractivity contribution in [3.8, 4) is 11.3 Å². The molecule has 2 aromatic carbocycles. The Morgan fingerprint density at radius 1 is 1.00 bits per heavy atom. The molecular weight excluding hydrogens is 430 g/mol. The van der Waals surface area contributed by atoms with Crippen molar-refractivity contribution in [1.29, 1.82) is 0 Å². The molecule has 1 aromatic heterocycles. The Bertz CT molecular complexity index is 1070. The summed E-state index contributed by atoms with van der Waals surface area (Å²) < 4.78 is 5.29. The number of amides is 2. The number of nitrogens with one attached hydrogen (secondary N) is 1. The minimum Gasteiger partial charge on any atom is -0.479 e. The van der Waals surface area contributed by atoms with E-state index in [1.165, 1.54) is 10.5 Å². The number of aryl methyl sites for hydroxylation is 1. The van der Waals surface area contributed by atoms with Gasteiger partial charge in [-0.2, -0.15) is 0 Å². The van der Waals surface area contributed by atoms with Gasteiger partial charge in [0, 0.05) is 32.2 Å². The van der Waals surface area contributed by atoms with Crippen LogP contribution in [0, 0.1) is 0 Å². The summed E-state index contributed by atoms with van der Waals surface area (Å²) >= 11 is 0. The molecule has 1 heterocycles. The number of carboxylic acids is 1. The predicted molar refractivity (Wildman–Crippen MR) is 133 cm³/mol. The summed E-state index contributed by atoms with van der Waals surface area (Å²) in [6, 6.07) is 23.1. The van der Waals surface area contributed by atoms with Crippen molar-refractivity contribution in [1.82, 2.24) is 10.3 Å². The molecule has 1 atom stereocenters. The van der Waals surface area contributed by atoms with Gasteiger partial charge in [0.05, 0.1) is 5.69 Å². The van der Waals surface area contributed by atoms with Gasteiger partial charge in [0.1, 0.15) is 5.82 Å². The first-order valence-corrected chi connectivity index (χ1v) is 11.4. The second kappa shape index (κ2) is 12.5. The van der Waals surface area contributed by atoms with E-state index in [4.69, 9.17) is 4.74 Å². The number of carbonyl (C=O) groups excluding carboxylic acids is 1. The summed E-state index contributed by atoms with van der Waals surface area (Å²) in [6.07, 6.45) is 1.20. The average Bonchev–Trinajstić information content (AvgIpc) is 2.87. The smallest absolute Gasteiger partial charge is 0.333 e. The molecule has 0 spiro atoms. The number of ether oxygens (including phenoxy) is 1. The summed E-state index contributed by atoms with van der Waals surface area (Å²) in [5.74, 6) is -0.425. The molecule has 1 unspecified atom stereocenters. The van der Waals surface area contributed by atoms with Gasteiger partial charge in [0.15, 0.2) is 6.10 Å². The summed E-state index contributed by atoms with van der Waals surface area (Å²) in [7, 11) is 1.70. The van der Waals surface area contributed by atoms with Crippen molar-refractivity contribution in [2.24, 2.45) is 0 Å². The van der Waals surface area contributed by atoms with Crippen molar-refractivity contribution in [2.45, 2.75) is 32.3 Å². The zero-order chi connectivity index (χ0) is 24.3. The van der Waals surface area contributed by atoms with E-state index >= 15 is 0 Å². The fourth-order valence-electron chi connectivity index (χ4n) is 3.57. The Kier molecular flexibility index (Phi) is 9.17. The van der Waals surface area contributed by atoms with E-state index in [0.29, 0.717) is 25.4 Å². The van der Waals surface area contributed by atoms with Crippen LogP contribution < -0.4 is 10.2 Å². The quantitative estimate of drug-likeness (QED) is 0.409. The maximum absolute atomic E-state index is 12.6. The van der Waals surface area contributed by atoms with Crippen molar-refractivity contribution in [2.75, 3.05) is 25.1 Å². The average molecular weight is 462 g/mol. The van der Waals surface area contributed by atoms with E-state index in [0.717, 1.165) is 29.7 Å². The molecule has 0 saturated carbocycles. The lowest BCUT2D eigenvalue weighted by atomic mass is 10.0. The molecule has 7 heteroatoms. The lowest BCUT2D eigenvalue weighted by molar-refractivity contribution is -0.149. The van der Waals surface area contributed by atoms with Gasteiger partial charge in [-0.05, 0) is 43.0 Å². The van der Waals surface area contributed by atoms with Crippen LogP contribution in [0.2, 0.25) is 0 Å². The summed E-state index contributed by atoms with van der Waals surface area (Å²) in [5, 5.41) is 12.2. The molecule has 0 aliphatic rings. The fraction of sp³-hybridized carbons (Fsp3) is 0.296. The molecule has 2 N–H and O–H groups in total. The number of aromatic nitrogens is 1. The largest absolute Gasteiger partial charge is 0.479 e. The highest BCUT2D eigenvalue weighted by molar-refractivity contribution is 5.90. The number of urea groups is 1. The van der Waals surface area contributed by atoms with Crippen molar-refractivity contribution in [3.63, 3.8) is 0 Å². The van der Waals surface area contributed by atoms with Gasteiger partial charge in [-0.15, -0.1) is 0 Å². The molecule has 0 aliphatic heterocycles. The number of hydrogen-bond acceptors (Lipinski definition) is 4. The van der Waals surface area contributed by atoms with Gasteiger partial charge in [-0.3, -0.25) is 4.90 Å². The van der Waals surface area contributed by atoms with E-state index < -0.39 is 12.1 Å². The number of hydrogen-bond donors (Lipinski definition) is 2. The number of nitrogens with zero attached hydrogens (tertiary/aromatic N) is 2. The van der Waals surface area contributed by atoms with Gasteiger partial charge in [0.2, 0.25) is 0 Å². The van der Waals surface area contributed by atoms with Crippen LogP contribution in [0.3, 0.4) is 0 Å². The van der Waals surface area contributed by atoms with Gasteiger partial charge < -0.3 is 15.2 Å². The second-order valence-corrected chi connectivity index (χ2v) is 7.94. The molecule has 3 aromatic rings. The first-order valence-electron chi connectivity index (χ1n) is 11.4. The third-order valence-corrected chi connectivity index (χ3v) is 5.46. The standard InChI is InChI=1S/C27H31N3O4/c1-3-34-24(26(31)32)19-21-14-16-22(17-15-21)23-12-7-13-25(29-23)30(2)27(33)28-18-8-11-20-9-5-4-6-10-20/h4-7,9-10,12-17,24H,3,8,11,18-19H2,1-2H3,(H,28,33)(H,31,32). The van der Waals surface area contributed by atoms with Gasteiger partial charge in [0.25, 0.3) is 0 Å². The van der Waals surface area contributed by atoms with E-state index in [1.807, 2.05) is 54.6 Å². The van der Waals surface area contributed by atoms with Crippen LogP contribution in [0.4, 0.5) is 10.6 Å². The minimum absolute atomic E-state index is 0.205. The third-order valence-electron chi connectivity index (χ3n) is 5.46. The number of anilines is 1. The van der Waals surface area contributed by atoms with Gasteiger partial charge >= 0.3 is 12.0 Å². The lowest BCUT2D eigenvalue weighted by Gasteiger charge is -2.18. The van der Waals surface area contributed by atoms with E-state index in [2.05, 4.69) is 22.4 Å². The van der Waals surface area contributed by atoms with Gasteiger partial charge in [-0.25, -0.2) is 14.6 Å². The molecule has 34 heavy (non-hydrogen) atoms. The van der Waals surface area contributed by atoms with Crippen LogP contribution in [-0.2, 0) is 22.4 Å².